The fraction of sp³-hybridized carbons (Fsp3) is 0.929. The Hall–Kier alpha value is -0.820. The van der Waals surface area contributed by atoms with Crippen LogP contribution in [0.5, 0.6) is 0 Å². The normalized spacial score (nSPS) is 18.5. The van der Waals surface area contributed by atoms with E-state index in [-0.39, 0.29) is 6.54 Å². The van der Waals surface area contributed by atoms with Crippen LogP contribution >= 0.6 is 0 Å². The Morgan fingerprint density at radius 3 is 2.48 bits per heavy atom. The van der Waals surface area contributed by atoms with E-state index >= 15 is 0 Å². The summed E-state index contributed by atoms with van der Waals surface area (Å²) in [6, 6.07) is 0. The highest BCUT2D eigenvalue weighted by Crippen LogP contribution is 2.31. The lowest BCUT2D eigenvalue weighted by Gasteiger charge is -2.37. The van der Waals surface area contributed by atoms with Crippen molar-refractivity contribution in [3.8, 4) is 0 Å². The third-order valence-corrected chi connectivity index (χ3v) is 3.80. The minimum atomic E-state index is -4.37. The number of rotatable bonds is 7. The van der Waals surface area contributed by atoms with Gasteiger partial charge in [-0.2, -0.15) is 13.2 Å². The molecule has 1 fully saturated rings. The molecule has 0 aromatic carbocycles. The first-order valence-electron chi connectivity index (χ1n) is 7.43. The maximum Gasteiger partial charge on any atom is 0.406 e. The number of carbonyl (C=O) groups excluding carboxylic acids is 1. The van der Waals surface area contributed by atoms with Crippen LogP contribution in [0.25, 0.3) is 0 Å². The van der Waals surface area contributed by atoms with Gasteiger partial charge in [0.05, 0.1) is 0 Å². The van der Waals surface area contributed by atoms with Crippen LogP contribution in [-0.2, 0) is 9.53 Å². The van der Waals surface area contributed by atoms with Gasteiger partial charge in [0.2, 0.25) is 5.91 Å². The van der Waals surface area contributed by atoms with Crippen molar-refractivity contribution in [1.82, 2.24) is 10.2 Å². The van der Waals surface area contributed by atoms with E-state index in [1.165, 1.54) is 0 Å². The van der Waals surface area contributed by atoms with Crippen LogP contribution in [0, 0.1) is 5.41 Å². The molecule has 21 heavy (non-hydrogen) atoms. The number of alkyl halides is 3. The van der Waals surface area contributed by atoms with Crippen LogP contribution < -0.4 is 5.32 Å². The highest BCUT2D eigenvalue weighted by atomic mass is 19.4. The third kappa shape index (κ3) is 6.22. The van der Waals surface area contributed by atoms with E-state index in [4.69, 9.17) is 4.74 Å². The summed E-state index contributed by atoms with van der Waals surface area (Å²) >= 11 is 0. The number of halogens is 3. The maximum absolute atomic E-state index is 12.7. The van der Waals surface area contributed by atoms with Crippen LogP contribution in [-0.4, -0.2) is 56.4 Å². The fourth-order valence-corrected chi connectivity index (χ4v) is 2.54. The molecule has 0 aromatic heterocycles. The molecule has 7 heteroatoms. The molecular weight excluding hydrogens is 285 g/mol. The molecule has 1 N–H and O–H groups in total. The Morgan fingerprint density at radius 1 is 1.33 bits per heavy atom. The van der Waals surface area contributed by atoms with Crippen molar-refractivity contribution in [2.75, 3.05) is 39.4 Å². The molecule has 1 aliphatic rings. The lowest BCUT2D eigenvalue weighted by Crippen LogP contribution is -2.50. The van der Waals surface area contributed by atoms with E-state index in [0.717, 1.165) is 4.90 Å². The average molecular weight is 310 g/mol. The molecule has 4 nitrogen and oxygen atoms in total. The largest absolute Gasteiger partial charge is 0.406 e. The average Bonchev–Trinajstić information content (AvgIpc) is 2.41. The summed E-state index contributed by atoms with van der Waals surface area (Å²) in [6.45, 7) is 4.73. The molecule has 1 rings (SSSR count). The number of nitrogens with zero attached hydrogens (tertiary/aromatic N) is 1. The summed E-state index contributed by atoms with van der Waals surface area (Å²) in [5.41, 5.74) is -0.692. The van der Waals surface area contributed by atoms with Crippen LogP contribution in [0.15, 0.2) is 0 Å². The molecule has 1 amide bonds. The van der Waals surface area contributed by atoms with E-state index < -0.39 is 24.0 Å². The van der Waals surface area contributed by atoms with E-state index in [9.17, 15) is 18.0 Å². The molecule has 1 heterocycles. The van der Waals surface area contributed by atoms with Gasteiger partial charge in [-0.25, -0.2) is 0 Å². The molecule has 124 valence electrons. The second-order valence-electron chi connectivity index (χ2n) is 5.70. The third-order valence-electron chi connectivity index (χ3n) is 3.80. The quantitative estimate of drug-likeness (QED) is 0.733. The molecule has 0 bridgehead atoms. The number of ether oxygens (including phenoxy) is 1. The lowest BCUT2D eigenvalue weighted by atomic mass is 9.79. The second kappa shape index (κ2) is 7.98. The zero-order valence-corrected chi connectivity index (χ0v) is 12.8. The Bertz CT molecular complexity index is 329. The summed E-state index contributed by atoms with van der Waals surface area (Å²) in [5.74, 6) is -0.391. The highest BCUT2D eigenvalue weighted by Gasteiger charge is 2.41. The van der Waals surface area contributed by atoms with E-state index in [1.54, 1.807) is 6.92 Å². The summed E-state index contributed by atoms with van der Waals surface area (Å²) < 4.78 is 43.2. The smallest absolute Gasteiger partial charge is 0.382 e. The van der Waals surface area contributed by atoms with Gasteiger partial charge in [0, 0.05) is 25.2 Å². The number of hydrogen-bond donors (Lipinski definition) is 1. The number of hydrogen-bond acceptors (Lipinski definition) is 3. The zero-order chi connectivity index (χ0) is 15.9. The van der Waals surface area contributed by atoms with Gasteiger partial charge < -0.3 is 15.0 Å². The second-order valence-corrected chi connectivity index (χ2v) is 5.70. The van der Waals surface area contributed by atoms with Crippen molar-refractivity contribution in [3.63, 3.8) is 0 Å². The van der Waals surface area contributed by atoms with Crippen molar-refractivity contribution >= 4 is 5.91 Å². The minimum absolute atomic E-state index is 0.0847. The molecule has 0 unspecified atom stereocenters. The first-order chi connectivity index (χ1) is 9.78. The predicted molar refractivity (Wildman–Crippen MR) is 74.0 cm³/mol. The van der Waals surface area contributed by atoms with Gasteiger partial charge >= 0.3 is 6.18 Å². The molecule has 0 radical (unpaired) electrons. The summed E-state index contributed by atoms with van der Waals surface area (Å²) in [6.07, 6.45) is -2.80. The SMILES string of the molecule is CCOCCCN(CC(F)(F)F)C(=O)C1(C)CCNCC1. The van der Waals surface area contributed by atoms with E-state index in [0.29, 0.717) is 45.6 Å². The molecule has 0 spiro atoms. The Labute approximate surface area is 124 Å². The first kappa shape index (κ1) is 18.2. The van der Waals surface area contributed by atoms with Crippen molar-refractivity contribution in [2.45, 2.75) is 39.3 Å². The number of amides is 1. The Morgan fingerprint density at radius 2 is 1.95 bits per heavy atom. The molecule has 0 saturated carbocycles. The summed E-state index contributed by atoms with van der Waals surface area (Å²) in [4.78, 5) is 13.5. The number of nitrogens with one attached hydrogen (secondary N) is 1. The van der Waals surface area contributed by atoms with Gasteiger partial charge in [-0.1, -0.05) is 6.92 Å². The molecule has 1 aliphatic heterocycles. The monoisotopic (exact) mass is 310 g/mol. The zero-order valence-electron chi connectivity index (χ0n) is 12.8. The molecule has 0 aliphatic carbocycles. The van der Waals surface area contributed by atoms with Crippen molar-refractivity contribution in [1.29, 1.82) is 0 Å². The summed E-state index contributed by atoms with van der Waals surface area (Å²) in [7, 11) is 0. The van der Waals surface area contributed by atoms with Crippen molar-refractivity contribution in [2.24, 2.45) is 5.41 Å². The lowest BCUT2D eigenvalue weighted by molar-refractivity contribution is -0.168. The van der Waals surface area contributed by atoms with Gasteiger partial charge in [-0.3, -0.25) is 4.79 Å². The standard InChI is InChI=1S/C14H25F3N2O2/c1-3-21-10-4-9-19(11-14(15,16)17)12(20)13(2)5-7-18-8-6-13/h18H,3-11H2,1-2H3. The van der Waals surface area contributed by atoms with Gasteiger partial charge in [-0.05, 0) is 39.3 Å². The molecular formula is C14H25F3N2O2. The maximum atomic E-state index is 12.7. The van der Waals surface area contributed by atoms with Crippen LogP contribution in [0.3, 0.4) is 0 Å². The molecule has 0 aromatic rings. The number of piperidine rings is 1. The fourth-order valence-electron chi connectivity index (χ4n) is 2.54. The van der Waals surface area contributed by atoms with Gasteiger partial charge in [-0.15, -0.1) is 0 Å². The van der Waals surface area contributed by atoms with E-state index in [2.05, 4.69) is 5.32 Å². The van der Waals surface area contributed by atoms with Gasteiger partial charge in [0.1, 0.15) is 6.54 Å². The van der Waals surface area contributed by atoms with Crippen LogP contribution in [0.4, 0.5) is 13.2 Å². The minimum Gasteiger partial charge on any atom is -0.382 e. The van der Waals surface area contributed by atoms with Crippen molar-refractivity contribution < 1.29 is 22.7 Å². The predicted octanol–water partition coefficient (Wildman–Crippen LogP) is 2.19. The van der Waals surface area contributed by atoms with Gasteiger partial charge in [0.25, 0.3) is 0 Å². The van der Waals surface area contributed by atoms with Gasteiger partial charge in [0.15, 0.2) is 0 Å². The first-order valence-corrected chi connectivity index (χ1v) is 7.43. The number of carbonyl (C=O) groups is 1. The van der Waals surface area contributed by atoms with Crippen LogP contribution in [0.2, 0.25) is 0 Å². The molecule has 0 atom stereocenters. The van der Waals surface area contributed by atoms with Crippen LogP contribution in [0.1, 0.15) is 33.1 Å². The summed E-state index contributed by atoms with van der Waals surface area (Å²) in [5, 5.41) is 3.13. The highest BCUT2D eigenvalue weighted by molar-refractivity contribution is 5.82. The van der Waals surface area contributed by atoms with E-state index in [1.807, 2.05) is 6.92 Å². The Balaban J connectivity index is 2.66. The topological polar surface area (TPSA) is 41.6 Å². The Kier molecular flexibility index (Phi) is 6.93. The van der Waals surface area contributed by atoms with Crippen molar-refractivity contribution in [3.05, 3.63) is 0 Å². The molecule has 1 saturated heterocycles.